The molecule has 0 radical (unpaired) electrons. The van der Waals surface area contributed by atoms with Gasteiger partial charge in [0.1, 0.15) is 11.8 Å². The van der Waals surface area contributed by atoms with Gasteiger partial charge >= 0.3 is 5.97 Å². The molecular formula is C15H21NO3. The number of carboxylic acids is 1. The first-order valence-corrected chi connectivity index (χ1v) is 6.74. The molecule has 1 aliphatic heterocycles. The van der Waals surface area contributed by atoms with Crippen molar-refractivity contribution in [3.05, 3.63) is 29.8 Å². The van der Waals surface area contributed by atoms with Gasteiger partial charge in [0.25, 0.3) is 0 Å². The fraction of sp³-hybridized carbons (Fsp3) is 0.533. The lowest BCUT2D eigenvalue weighted by molar-refractivity contribution is -0.142. The number of benzene rings is 1. The fourth-order valence-electron chi connectivity index (χ4n) is 2.89. The monoisotopic (exact) mass is 263 g/mol. The molecule has 1 N–H and O–H groups in total. The molecule has 0 aromatic heterocycles. The SMILES string of the molecule is COc1ccccc1CC(C)N1CCCC1C(=O)O. The van der Waals surface area contributed by atoms with Crippen molar-refractivity contribution >= 4 is 5.97 Å². The fourth-order valence-corrected chi connectivity index (χ4v) is 2.89. The lowest BCUT2D eigenvalue weighted by Crippen LogP contribution is -2.42. The topological polar surface area (TPSA) is 49.8 Å². The third kappa shape index (κ3) is 3.07. The van der Waals surface area contributed by atoms with Gasteiger partial charge in [-0.2, -0.15) is 0 Å². The van der Waals surface area contributed by atoms with Crippen LogP contribution in [0.3, 0.4) is 0 Å². The maximum atomic E-state index is 11.2. The minimum atomic E-state index is -0.704. The molecule has 0 saturated carbocycles. The lowest BCUT2D eigenvalue weighted by Gasteiger charge is -2.28. The van der Waals surface area contributed by atoms with Gasteiger partial charge in [-0.25, -0.2) is 0 Å². The van der Waals surface area contributed by atoms with Crippen molar-refractivity contribution in [1.82, 2.24) is 4.90 Å². The molecule has 0 amide bonds. The lowest BCUT2D eigenvalue weighted by atomic mass is 10.0. The standard InChI is InChI=1S/C15H21NO3/c1-11(16-9-5-7-13(16)15(17)18)10-12-6-3-4-8-14(12)19-2/h3-4,6,8,11,13H,5,7,9-10H2,1-2H3,(H,17,18). The number of aliphatic carboxylic acids is 1. The van der Waals surface area contributed by atoms with Gasteiger partial charge in [-0.3, -0.25) is 9.69 Å². The van der Waals surface area contributed by atoms with E-state index in [0.29, 0.717) is 0 Å². The van der Waals surface area contributed by atoms with Gasteiger partial charge in [-0.05, 0) is 44.4 Å². The number of likely N-dealkylation sites (tertiary alicyclic amines) is 1. The number of carboxylic acid groups (broad SMARTS) is 1. The van der Waals surface area contributed by atoms with Crippen molar-refractivity contribution in [1.29, 1.82) is 0 Å². The summed E-state index contributed by atoms with van der Waals surface area (Å²) in [4.78, 5) is 13.3. The van der Waals surface area contributed by atoms with Crippen LogP contribution in [-0.4, -0.2) is 41.7 Å². The number of hydrogen-bond acceptors (Lipinski definition) is 3. The van der Waals surface area contributed by atoms with Crippen molar-refractivity contribution in [3.63, 3.8) is 0 Å². The Morgan fingerprint density at radius 2 is 2.26 bits per heavy atom. The summed E-state index contributed by atoms with van der Waals surface area (Å²) in [5.41, 5.74) is 1.13. The Hall–Kier alpha value is -1.55. The summed E-state index contributed by atoms with van der Waals surface area (Å²) >= 11 is 0. The number of hydrogen-bond donors (Lipinski definition) is 1. The van der Waals surface area contributed by atoms with E-state index in [0.717, 1.165) is 37.1 Å². The Kier molecular flexibility index (Phi) is 4.43. The van der Waals surface area contributed by atoms with Crippen LogP contribution >= 0.6 is 0 Å². The summed E-state index contributed by atoms with van der Waals surface area (Å²) in [6, 6.07) is 7.80. The van der Waals surface area contributed by atoms with Gasteiger partial charge < -0.3 is 9.84 Å². The zero-order chi connectivity index (χ0) is 13.8. The van der Waals surface area contributed by atoms with E-state index in [1.54, 1.807) is 7.11 Å². The molecule has 0 bridgehead atoms. The first-order valence-electron chi connectivity index (χ1n) is 6.74. The van der Waals surface area contributed by atoms with E-state index in [1.807, 2.05) is 24.3 Å². The molecular weight excluding hydrogens is 242 g/mol. The highest BCUT2D eigenvalue weighted by Gasteiger charge is 2.33. The van der Waals surface area contributed by atoms with Crippen LogP contribution in [0, 0.1) is 0 Å². The first-order chi connectivity index (χ1) is 9.13. The summed E-state index contributed by atoms with van der Waals surface area (Å²) in [5, 5.41) is 9.23. The second kappa shape index (κ2) is 6.06. The molecule has 1 saturated heterocycles. The third-order valence-electron chi connectivity index (χ3n) is 3.85. The van der Waals surface area contributed by atoms with Crippen molar-refractivity contribution < 1.29 is 14.6 Å². The molecule has 4 nitrogen and oxygen atoms in total. The minimum absolute atomic E-state index is 0.208. The Balaban J connectivity index is 2.08. The smallest absolute Gasteiger partial charge is 0.320 e. The molecule has 4 heteroatoms. The Bertz CT molecular complexity index is 447. The van der Waals surface area contributed by atoms with Crippen LogP contribution in [0.15, 0.2) is 24.3 Å². The number of carbonyl (C=O) groups is 1. The zero-order valence-corrected chi connectivity index (χ0v) is 11.5. The van der Waals surface area contributed by atoms with E-state index in [2.05, 4.69) is 11.8 Å². The van der Waals surface area contributed by atoms with Gasteiger partial charge in [0, 0.05) is 6.04 Å². The van der Waals surface area contributed by atoms with Crippen LogP contribution in [0.1, 0.15) is 25.3 Å². The molecule has 1 aromatic rings. The Morgan fingerprint density at radius 3 is 2.95 bits per heavy atom. The normalized spacial score (nSPS) is 21.3. The van der Waals surface area contributed by atoms with Crippen molar-refractivity contribution in [2.24, 2.45) is 0 Å². The van der Waals surface area contributed by atoms with Crippen LogP contribution in [0.5, 0.6) is 5.75 Å². The van der Waals surface area contributed by atoms with Gasteiger partial charge in [-0.15, -0.1) is 0 Å². The van der Waals surface area contributed by atoms with Crippen LogP contribution in [0.2, 0.25) is 0 Å². The summed E-state index contributed by atoms with van der Waals surface area (Å²) in [6.45, 7) is 2.96. The van der Waals surface area contributed by atoms with Crippen LogP contribution in [0.25, 0.3) is 0 Å². The molecule has 104 valence electrons. The quantitative estimate of drug-likeness (QED) is 0.884. The molecule has 0 spiro atoms. The predicted molar refractivity (Wildman–Crippen MR) is 73.5 cm³/mol. The predicted octanol–water partition coefficient (Wildman–Crippen LogP) is 2.18. The van der Waals surface area contributed by atoms with Crippen molar-refractivity contribution in [3.8, 4) is 5.75 Å². The Morgan fingerprint density at radius 1 is 1.53 bits per heavy atom. The van der Waals surface area contributed by atoms with Gasteiger partial charge in [0.05, 0.1) is 7.11 Å². The van der Waals surface area contributed by atoms with Crippen molar-refractivity contribution in [2.45, 2.75) is 38.3 Å². The molecule has 2 unspecified atom stereocenters. The van der Waals surface area contributed by atoms with Crippen LogP contribution in [-0.2, 0) is 11.2 Å². The first kappa shape index (κ1) is 13.9. The molecule has 1 aliphatic rings. The molecule has 19 heavy (non-hydrogen) atoms. The molecule has 1 heterocycles. The van der Waals surface area contributed by atoms with E-state index in [4.69, 9.17) is 4.74 Å². The Labute approximate surface area is 114 Å². The number of para-hydroxylation sites is 1. The largest absolute Gasteiger partial charge is 0.496 e. The summed E-state index contributed by atoms with van der Waals surface area (Å²) in [6.07, 6.45) is 2.53. The maximum Gasteiger partial charge on any atom is 0.320 e. The van der Waals surface area contributed by atoms with Gasteiger partial charge in [0.2, 0.25) is 0 Å². The highest BCUT2D eigenvalue weighted by molar-refractivity contribution is 5.73. The van der Waals surface area contributed by atoms with E-state index >= 15 is 0 Å². The minimum Gasteiger partial charge on any atom is -0.496 e. The highest BCUT2D eigenvalue weighted by Crippen LogP contribution is 2.25. The second-order valence-electron chi connectivity index (χ2n) is 5.10. The number of methoxy groups -OCH3 is 1. The summed E-state index contributed by atoms with van der Waals surface area (Å²) in [5.74, 6) is 0.171. The summed E-state index contributed by atoms with van der Waals surface area (Å²) < 4.78 is 5.35. The second-order valence-corrected chi connectivity index (χ2v) is 5.10. The number of rotatable bonds is 5. The van der Waals surface area contributed by atoms with E-state index in [-0.39, 0.29) is 12.1 Å². The van der Waals surface area contributed by atoms with Gasteiger partial charge in [-0.1, -0.05) is 18.2 Å². The third-order valence-corrected chi connectivity index (χ3v) is 3.85. The van der Waals surface area contributed by atoms with Crippen molar-refractivity contribution in [2.75, 3.05) is 13.7 Å². The molecule has 0 aliphatic carbocycles. The van der Waals surface area contributed by atoms with Gasteiger partial charge in [0.15, 0.2) is 0 Å². The molecule has 1 fully saturated rings. The molecule has 2 rings (SSSR count). The molecule has 1 aromatic carbocycles. The number of nitrogens with zero attached hydrogens (tertiary/aromatic N) is 1. The summed E-state index contributed by atoms with van der Waals surface area (Å²) in [7, 11) is 1.67. The maximum absolute atomic E-state index is 11.2. The number of ether oxygens (including phenoxy) is 1. The zero-order valence-electron chi connectivity index (χ0n) is 11.5. The average Bonchev–Trinajstić information content (AvgIpc) is 2.88. The average molecular weight is 263 g/mol. The van der Waals surface area contributed by atoms with Crippen LogP contribution < -0.4 is 4.74 Å². The van der Waals surface area contributed by atoms with Crippen LogP contribution in [0.4, 0.5) is 0 Å². The molecule has 2 atom stereocenters. The van der Waals surface area contributed by atoms with E-state index < -0.39 is 5.97 Å². The highest BCUT2D eigenvalue weighted by atomic mass is 16.5. The van der Waals surface area contributed by atoms with E-state index in [9.17, 15) is 9.90 Å². The van der Waals surface area contributed by atoms with E-state index in [1.165, 1.54) is 0 Å².